The third-order valence-corrected chi connectivity index (χ3v) is 8.77. The molecule has 2 fully saturated rings. The number of hydrogen-bond acceptors (Lipinski definition) is 4. The van der Waals surface area contributed by atoms with Gasteiger partial charge in [0.05, 0.1) is 4.90 Å². The number of carbonyl (C=O) groups excluding carboxylic acids is 1. The number of carbonyl (C=O) groups is 1. The van der Waals surface area contributed by atoms with Gasteiger partial charge in [0, 0.05) is 31.2 Å². The van der Waals surface area contributed by atoms with Crippen molar-refractivity contribution in [3.05, 3.63) is 29.8 Å². The predicted molar refractivity (Wildman–Crippen MR) is 120 cm³/mol. The molecule has 1 saturated heterocycles. The third kappa shape index (κ3) is 5.62. The maximum atomic E-state index is 13.1. The van der Waals surface area contributed by atoms with Crippen molar-refractivity contribution >= 4 is 15.9 Å². The summed E-state index contributed by atoms with van der Waals surface area (Å²) in [6.07, 6.45) is 7.53. The van der Waals surface area contributed by atoms with Crippen molar-refractivity contribution in [3.63, 3.8) is 0 Å². The zero-order chi connectivity index (χ0) is 21.7. The van der Waals surface area contributed by atoms with Gasteiger partial charge in [0.25, 0.3) is 5.91 Å². The van der Waals surface area contributed by atoms with Crippen LogP contribution in [0.15, 0.2) is 29.2 Å². The summed E-state index contributed by atoms with van der Waals surface area (Å²) < 4.78 is 27.7. The Labute approximate surface area is 182 Å². The van der Waals surface area contributed by atoms with Crippen LogP contribution in [0.1, 0.15) is 69.2 Å². The van der Waals surface area contributed by atoms with Crippen molar-refractivity contribution in [2.45, 2.75) is 75.8 Å². The SMILES string of the molecule is CC1CCN(C(C)CNC(=O)c2cccc(S(=O)(=O)N(C)C3CCCCC3)c2)CC1. The standard InChI is InChI=1S/C23H37N3O3S/c1-18-12-14-26(15-13-18)19(2)17-24-23(27)20-8-7-11-22(16-20)30(28,29)25(3)21-9-5-4-6-10-21/h7-8,11,16,18-19,21H,4-6,9-10,12-15,17H2,1-3H3,(H,24,27). The number of nitrogens with one attached hydrogen (secondary N) is 1. The van der Waals surface area contributed by atoms with E-state index >= 15 is 0 Å². The van der Waals surface area contributed by atoms with Gasteiger partial charge in [0.1, 0.15) is 0 Å². The molecule has 6 nitrogen and oxygen atoms in total. The molecule has 1 aliphatic heterocycles. The molecule has 1 aliphatic carbocycles. The zero-order valence-corrected chi connectivity index (χ0v) is 19.5. The number of sulfonamides is 1. The Kier molecular flexibility index (Phi) is 7.93. The summed E-state index contributed by atoms with van der Waals surface area (Å²) in [6, 6.07) is 6.76. The smallest absolute Gasteiger partial charge is 0.251 e. The van der Waals surface area contributed by atoms with Crippen LogP contribution in [-0.4, -0.2) is 62.3 Å². The number of rotatable bonds is 7. The third-order valence-electron chi connectivity index (χ3n) is 6.86. The van der Waals surface area contributed by atoms with Crippen LogP contribution in [0.25, 0.3) is 0 Å². The fourth-order valence-corrected chi connectivity index (χ4v) is 6.01. The van der Waals surface area contributed by atoms with E-state index < -0.39 is 10.0 Å². The lowest BCUT2D eigenvalue weighted by molar-refractivity contribution is 0.0921. The molecular weight excluding hydrogens is 398 g/mol. The van der Waals surface area contributed by atoms with E-state index in [1.807, 2.05) is 0 Å². The van der Waals surface area contributed by atoms with Crippen molar-refractivity contribution < 1.29 is 13.2 Å². The highest BCUT2D eigenvalue weighted by Crippen LogP contribution is 2.26. The van der Waals surface area contributed by atoms with Crippen LogP contribution >= 0.6 is 0 Å². The van der Waals surface area contributed by atoms with Crippen LogP contribution in [0, 0.1) is 5.92 Å². The fourth-order valence-electron chi connectivity index (χ4n) is 4.55. The van der Waals surface area contributed by atoms with Crippen molar-refractivity contribution in [3.8, 4) is 0 Å². The average molecular weight is 436 g/mol. The first-order valence-corrected chi connectivity index (χ1v) is 12.8. The number of piperidine rings is 1. The first-order valence-electron chi connectivity index (χ1n) is 11.4. The summed E-state index contributed by atoms with van der Waals surface area (Å²) in [5.74, 6) is 0.559. The molecule has 1 atom stereocenters. The molecule has 1 aromatic carbocycles. The number of likely N-dealkylation sites (tertiary alicyclic amines) is 1. The van der Waals surface area contributed by atoms with Crippen molar-refractivity contribution in [2.24, 2.45) is 5.92 Å². The average Bonchev–Trinajstić information content (AvgIpc) is 2.77. The molecule has 1 N–H and O–H groups in total. The van der Waals surface area contributed by atoms with Gasteiger partial charge in [-0.25, -0.2) is 8.42 Å². The highest BCUT2D eigenvalue weighted by Gasteiger charge is 2.29. The predicted octanol–water partition coefficient (Wildman–Crippen LogP) is 3.49. The molecule has 1 amide bonds. The second-order valence-corrected chi connectivity index (χ2v) is 11.1. The summed E-state index contributed by atoms with van der Waals surface area (Å²) in [6.45, 7) is 7.12. The number of benzene rings is 1. The molecule has 168 valence electrons. The minimum absolute atomic E-state index is 0.0503. The maximum absolute atomic E-state index is 13.1. The van der Waals surface area contributed by atoms with Gasteiger partial charge >= 0.3 is 0 Å². The summed E-state index contributed by atoms with van der Waals surface area (Å²) in [5.41, 5.74) is 0.396. The van der Waals surface area contributed by atoms with Crippen LogP contribution in [0.3, 0.4) is 0 Å². The van der Waals surface area contributed by atoms with Gasteiger partial charge in [0.2, 0.25) is 10.0 Å². The van der Waals surface area contributed by atoms with Crippen LogP contribution in [0.5, 0.6) is 0 Å². The highest BCUT2D eigenvalue weighted by atomic mass is 32.2. The molecule has 1 saturated carbocycles. The minimum Gasteiger partial charge on any atom is -0.350 e. The first kappa shape index (κ1) is 23.2. The van der Waals surface area contributed by atoms with Crippen LogP contribution in [0.2, 0.25) is 0 Å². The van der Waals surface area contributed by atoms with E-state index in [0.29, 0.717) is 12.1 Å². The monoisotopic (exact) mass is 435 g/mol. The van der Waals surface area contributed by atoms with Crippen molar-refractivity contribution in [1.82, 2.24) is 14.5 Å². The lowest BCUT2D eigenvalue weighted by Crippen LogP contribution is -2.45. The lowest BCUT2D eigenvalue weighted by atomic mass is 9.96. The Morgan fingerprint density at radius 1 is 1.17 bits per heavy atom. The minimum atomic E-state index is -3.60. The van der Waals surface area contributed by atoms with Gasteiger partial charge in [-0.1, -0.05) is 32.3 Å². The van der Waals surface area contributed by atoms with E-state index in [4.69, 9.17) is 0 Å². The molecule has 1 unspecified atom stereocenters. The number of amides is 1. The van der Waals surface area contributed by atoms with Crippen molar-refractivity contribution in [1.29, 1.82) is 0 Å². The molecule has 30 heavy (non-hydrogen) atoms. The molecule has 0 radical (unpaired) electrons. The second kappa shape index (κ2) is 10.2. The normalized spacial score (nSPS) is 20.9. The van der Waals surface area contributed by atoms with Gasteiger partial charge in [-0.3, -0.25) is 9.69 Å². The Balaban J connectivity index is 1.61. The van der Waals surface area contributed by atoms with E-state index in [-0.39, 0.29) is 22.9 Å². The van der Waals surface area contributed by atoms with E-state index in [9.17, 15) is 13.2 Å². The second-order valence-electron chi connectivity index (χ2n) is 9.12. The topological polar surface area (TPSA) is 69.7 Å². The summed E-state index contributed by atoms with van der Waals surface area (Å²) >= 11 is 0. The number of hydrogen-bond donors (Lipinski definition) is 1. The largest absolute Gasteiger partial charge is 0.350 e. The van der Waals surface area contributed by atoms with Gasteiger partial charge in [-0.15, -0.1) is 0 Å². The van der Waals surface area contributed by atoms with Gasteiger partial charge in [-0.2, -0.15) is 4.31 Å². The number of nitrogens with zero attached hydrogens (tertiary/aromatic N) is 2. The highest BCUT2D eigenvalue weighted by molar-refractivity contribution is 7.89. The van der Waals surface area contributed by atoms with E-state index in [1.165, 1.54) is 29.6 Å². The Morgan fingerprint density at radius 3 is 2.50 bits per heavy atom. The van der Waals surface area contributed by atoms with Crippen molar-refractivity contribution in [2.75, 3.05) is 26.7 Å². The Hall–Kier alpha value is -1.44. The zero-order valence-electron chi connectivity index (χ0n) is 18.6. The van der Waals surface area contributed by atoms with Crippen LogP contribution in [0.4, 0.5) is 0 Å². The fraction of sp³-hybridized carbons (Fsp3) is 0.696. The Morgan fingerprint density at radius 2 is 1.83 bits per heavy atom. The molecule has 2 aliphatic rings. The van der Waals surface area contributed by atoms with E-state index in [2.05, 4.69) is 24.1 Å². The molecule has 7 heteroatoms. The quantitative estimate of drug-likeness (QED) is 0.712. The summed E-state index contributed by atoms with van der Waals surface area (Å²) in [4.78, 5) is 15.3. The van der Waals surface area contributed by atoms with Crippen LogP contribution in [-0.2, 0) is 10.0 Å². The summed E-state index contributed by atoms with van der Waals surface area (Å²) in [7, 11) is -1.94. The molecule has 1 aromatic rings. The molecule has 0 bridgehead atoms. The molecule has 0 spiro atoms. The molecule has 0 aromatic heterocycles. The first-order chi connectivity index (χ1) is 14.3. The van der Waals surface area contributed by atoms with Crippen LogP contribution < -0.4 is 5.32 Å². The van der Waals surface area contributed by atoms with Gasteiger partial charge in [0.15, 0.2) is 0 Å². The molecular formula is C23H37N3O3S. The lowest BCUT2D eigenvalue weighted by Gasteiger charge is -2.35. The van der Waals surface area contributed by atoms with E-state index in [0.717, 1.165) is 44.7 Å². The van der Waals surface area contributed by atoms with E-state index in [1.54, 1.807) is 25.2 Å². The van der Waals surface area contributed by atoms with Gasteiger partial charge in [-0.05, 0) is 69.8 Å². The summed E-state index contributed by atoms with van der Waals surface area (Å²) in [5, 5.41) is 2.99. The van der Waals surface area contributed by atoms with Gasteiger partial charge < -0.3 is 5.32 Å². The Bertz CT molecular complexity index is 813. The molecule has 1 heterocycles. The molecule has 3 rings (SSSR count). The maximum Gasteiger partial charge on any atom is 0.251 e.